The van der Waals surface area contributed by atoms with Crippen LogP contribution in [0.4, 0.5) is 0 Å². The maximum Gasteiger partial charge on any atom is 0.127 e. The van der Waals surface area contributed by atoms with Crippen LogP contribution in [0.15, 0.2) is 28.1 Å². The third kappa shape index (κ3) is 3.37. The van der Waals surface area contributed by atoms with Gasteiger partial charge in [-0.25, -0.2) is 0 Å². The van der Waals surface area contributed by atoms with E-state index in [1.54, 1.807) is 11.3 Å². The highest BCUT2D eigenvalue weighted by Crippen LogP contribution is 2.32. The number of rotatable bonds is 5. The number of nitrogens with one attached hydrogen (secondary N) is 1. The van der Waals surface area contributed by atoms with Crippen molar-refractivity contribution in [3.05, 3.63) is 49.1 Å². The Labute approximate surface area is 136 Å². The summed E-state index contributed by atoms with van der Waals surface area (Å²) in [4.78, 5) is 1.39. The van der Waals surface area contributed by atoms with E-state index in [1.165, 1.54) is 14.2 Å². The normalized spacial score (nSPS) is 13.3. The van der Waals surface area contributed by atoms with Crippen LogP contribution in [0.5, 0.6) is 5.75 Å². The summed E-state index contributed by atoms with van der Waals surface area (Å²) in [5.41, 5.74) is 2.40. The summed E-state index contributed by atoms with van der Waals surface area (Å²) in [6, 6.07) is 8.27. The Kier molecular flexibility index (Phi) is 4.66. The summed E-state index contributed by atoms with van der Waals surface area (Å²) in [5.74, 6) is 1.03. The van der Waals surface area contributed by atoms with Crippen LogP contribution in [0.25, 0.3) is 0 Å². The molecule has 1 aliphatic heterocycles. The fourth-order valence-electron chi connectivity index (χ4n) is 2.40. The Morgan fingerprint density at radius 2 is 2.25 bits per heavy atom. The summed E-state index contributed by atoms with van der Waals surface area (Å²) >= 11 is 11.4. The first-order valence-corrected chi connectivity index (χ1v) is 8.60. The highest BCUT2D eigenvalue weighted by Gasteiger charge is 2.17. The molecule has 0 bridgehead atoms. The molecule has 0 unspecified atom stereocenters. The molecule has 0 amide bonds. The van der Waals surface area contributed by atoms with Crippen LogP contribution in [0.3, 0.4) is 0 Å². The molecular formula is C15H15BrClNOS. The molecule has 3 rings (SSSR count). The van der Waals surface area contributed by atoms with Gasteiger partial charge < -0.3 is 10.1 Å². The molecule has 0 saturated carbocycles. The van der Waals surface area contributed by atoms with Crippen LogP contribution in [0.1, 0.15) is 16.0 Å². The molecule has 0 fully saturated rings. The third-order valence-electron chi connectivity index (χ3n) is 3.32. The van der Waals surface area contributed by atoms with Crippen molar-refractivity contribution in [1.82, 2.24) is 5.32 Å². The Balaban J connectivity index is 1.56. The second-order valence-corrected chi connectivity index (χ2v) is 7.77. The van der Waals surface area contributed by atoms with Gasteiger partial charge in [0, 0.05) is 35.0 Å². The van der Waals surface area contributed by atoms with E-state index in [9.17, 15) is 0 Å². The molecule has 0 spiro atoms. The van der Waals surface area contributed by atoms with Gasteiger partial charge in [0.15, 0.2) is 0 Å². The number of hydrogen-bond donors (Lipinski definition) is 1. The van der Waals surface area contributed by atoms with Crippen molar-refractivity contribution < 1.29 is 4.74 Å². The molecule has 1 aromatic carbocycles. The summed E-state index contributed by atoms with van der Waals surface area (Å²) in [7, 11) is 0. The molecule has 1 aromatic heterocycles. The fourth-order valence-corrected chi connectivity index (χ4v) is 4.14. The van der Waals surface area contributed by atoms with Gasteiger partial charge >= 0.3 is 0 Å². The fraction of sp³-hybridized carbons (Fsp3) is 0.333. The van der Waals surface area contributed by atoms with Crippen molar-refractivity contribution >= 4 is 38.9 Å². The first-order chi connectivity index (χ1) is 9.72. The van der Waals surface area contributed by atoms with Crippen molar-refractivity contribution in [3.63, 3.8) is 0 Å². The van der Waals surface area contributed by atoms with Crippen LogP contribution in [-0.2, 0) is 19.4 Å². The largest absolute Gasteiger partial charge is 0.493 e. The molecule has 2 heterocycles. The van der Waals surface area contributed by atoms with Gasteiger partial charge in [0.1, 0.15) is 5.75 Å². The van der Waals surface area contributed by atoms with Crippen molar-refractivity contribution in [2.45, 2.75) is 19.4 Å². The van der Waals surface area contributed by atoms with E-state index in [-0.39, 0.29) is 0 Å². The highest BCUT2D eigenvalue weighted by molar-refractivity contribution is 9.11. The maximum absolute atomic E-state index is 6.15. The topological polar surface area (TPSA) is 21.3 Å². The van der Waals surface area contributed by atoms with Gasteiger partial charge in [-0.15, -0.1) is 11.3 Å². The number of hydrogen-bond acceptors (Lipinski definition) is 3. The van der Waals surface area contributed by atoms with Crippen molar-refractivity contribution in [2.24, 2.45) is 0 Å². The van der Waals surface area contributed by atoms with E-state index in [0.717, 1.165) is 48.9 Å². The van der Waals surface area contributed by atoms with Crippen molar-refractivity contribution in [2.75, 3.05) is 13.2 Å². The Hall–Kier alpha value is -0.550. The predicted molar refractivity (Wildman–Crippen MR) is 88.1 cm³/mol. The van der Waals surface area contributed by atoms with Gasteiger partial charge in [0.2, 0.25) is 0 Å². The average Bonchev–Trinajstić information content (AvgIpc) is 3.03. The average molecular weight is 373 g/mol. The van der Waals surface area contributed by atoms with Gasteiger partial charge in [0.05, 0.1) is 10.4 Å². The van der Waals surface area contributed by atoms with E-state index >= 15 is 0 Å². The van der Waals surface area contributed by atoms with Crippen LogP contribution in [0, 0.1) is 0 Å². The zero-order valence-corrected chi connectivity index (χ0v) is 14.1. The smallest absolute Gasteiger partial charge is 0.127 e. The van der Waals surface area contributed by atoms with Gasteiger partial charge in [-0.2, -0.15) is 0 Å². The molecule has 2 nitrogen and oxygen atoms in total. The lowest BCUT2D eigenvalue weighted by Gasteiger charge is -2.10. The van der Waals surface area contributed by atoms with Gasteiger partial charge in [-0.3, -0.25) is 0 Å². The lowest BCUT2D eigenvalue weighted by atomic mass is 10.1. The summed E-state index contributed by atoms with van der Waals surface area (Å²) in [5, 5.41) is 4.27. The van der Waals surface area contributed by atoms with Crippen LogP contribution in [0.2, 0.25) is 5.02 Å². The van der Waals surface area contributed by atoms with E-state index in [1.807, 2.05) is 12.1 Å². The van der Waals surface area contributed by atoms with Crippen LogP contribution >= 0.6 is 38.9 Å². The lowest BCUT2D eigenvalue weighted by molar-refractivity contribution is 0.352. The SMILES string of the molecule is Clc1cc2c(c(CNCCc3ccc(Br)s3)c1)OCC2. The van der Waals surface area contributed by atoms with E-state index in [2.05, 4.69) is 33.4 Å². The lowest BCUT2D eigenvalue weighted by Crippen LogP contribution is -2.16. The summed E-state index contributed by atoms with van der Waals surface area (Å²) < 4.78 is 6.89. The molecule has 5 heteroatoms. The third-order valence-corrected chi connectivity index (χ3v) is 5.22. The summed E-state index contributed by atoms with van der Waals surface area (Å²) in [6.45, 7) is 2.52. The predicted octanol–water partition coefficient (Wildman–Crippen LogP) is 4.43. The Morgan fingerprint density at radius 3 is 3.05 bits per heavy atom. The number of fused-ring (bicyclic) bond motifs is 1. The molecule has 0 radical (unpaired) electrons. The van der Waals surface area contributed by atoms with E-state index in [4.69, 9.17) is 16.3 Å². The second kappa shape index (κ2) is 6.48. The molecule has 0 aliphatic carbocycles. The monoisotopic (exact) mass is 371 g/mol. The summed E-state index contributed by atoms with van der Waals surface area (Å²) in [6.07, 6.45) is 2.01. The highest BCUT2D eigenvalue weighted by atomic mass is 79.9. The molecule has 1 aliphatic rings. The minimum Gasteiger partial charge on any atom is -0.493 e. The standard InChI is InChI=1S/C15H15BrClNOS/c16-14-2-1-13(20-14)3-5-18-9-11-8-12(17)7-10-4-6-19-15(10)11/h1-2,7-8,18H,3-6,9H2. The minimum atomic E-state index is 0.770. The van der Waals surface area contributed by atoms with Crippen molar-refractivity contribution in [3.8, 4) is 5.75 Å². The van der Waals surface area contributed by atoms with Crippen molar-refractivity contribution in [1.29, 1.82) is 0 Å². The molecular weight excluding hydrogens is 358 g/mol. The van der Waals surface area contributed by atoms with Gasteiger partial charge in [0.25, 0.3) is 0 Å². The quantitative estimate of drug-likeness (QED) is 0.784. The number of ether oxygens (including phenoxy) is 1. The molecule has 0 atom stereocenters. The molecule has 106 valence electrons. The molecule has 2 aromatic rings. The molecule has 20 heavy (non-hydrogen) atoms. The van der Waals surface area contributed by atoms with Crippen LogP contribution in [-0.4, -0.2) is 13.2 Å². The maximum atomic E-state index is 6.15. The van der Waals surface area contributed by atoms with Gasteiger partial charge in [-0.05, 0) is 52.2 Å². The zero-order valence-electron chi connectivity index (χ0n) is 10.9. The van der Waals surface area contributed by atoms with E-state index < -0.39 is 0 Å². The number of thiophene rings is 1. The first kappa shape index (κ1) is 14.4. The Bertz CT molecular complexity index is 614. The number of benzene rings is 1. The number of halogens is 2. The first-order valence-electron chi connectivity index (χ1n) is 6.61. The molecule has 0 saturated heterocycles. The van der Waals surface area contributed by atoms with Crippen LogP contribution < -0.4 is 10.1 Å². The van der Waals surface area contributed by atoms with Gasteiger partial charge in [-0.1, -0.05) is 11.6 Å². The minimum absolute atomic E-state index is 0.770. The Morgan fingerprint density at radius 1 is 1.35 bits per heavy atom. The second-order valence-electron chi connectivity index (χ2n) is 4.78. The molecule has 1 N–H and O–H groups in total. The zero-order chi connectivity index (χ0) is 13.9. The van der Waals surface area contributed by atoms with E-state index in [0.29, 0.717) is 0 Å².